The molecule has 4 aromatic rings. The van der Waals surface area contributed by atoms with Crippen LogP contribution in [0, 0.1) is 11.6 Å². The first kappa shape index (κ1) is 15.1. The first-order valence-corrected chi connectivity index (χ1v) is 7.41. The average molecular weight is 339 g/mol. The number of fused-ring (bicyclic) bond motifs is 1. The smallest absolute Gasteiger partial charge is 0.159 e. The maximum absolute atomic E-state index is 13.4. The molecule has 0 radical (unpaired) electrons. The zero-order valence-electron chi connectivity index (χ0n) is 12.8. The fraction of sp³-hybridized carbons (Fsp3) is 0.0588. The van der Waals surface area contributed by atoms with Crippen molar-refractivity contribution in [1.82, 2.24) is 20.3 Å². The Balaban J connectivity index is 1.62. The van der Waals surface area contributed by atoms with Crippen molar-refractivity contribution >= 4 is 22.4 Å². The second kappa shape index (κ2) is 6.23. The van der Waals surface area contributed by atoms with Crippen molar-refractivity contribution in [3.05, 3.63) is 71.8 Å². The first-order valence-electron chi connectivity index (χ1n) is 7.41. The molecule has 25 heavy (non-hydrogen) atoms. The number of nitrogens with one attached hydrogen (secondary N) is 1. The SMILES string of the molecule is Fc1ccc(Cc2ncncc2Nc2ccc3nonc3c2)cc1F. The van der Waals surface area contributed by atoms with E-state index in [-0.39, 0.29) is 0 Å². The van der Waals surface area contributed by atoms with Gasteiger partial charge in [-0.25, -0.2) is 23.4 Å². The topological polar surface area (TPSA) is 76.7 Å². The summed E-state index contributed by atoms with van der Waals surface area (Å²) in [6.45, 7) is 0. The molecule has 0 saturated carbocycles. The molecule has 6 nitrogen and oxygen atoms in total. The predicted octanol–water partition coefficient (Wildman–Crippen LogP) is 3.63. The highest BCUT2D eigenvalue weighted by Crippen LogP contribution is 2.23. The minimum absolute atomic E-state index is 0.329. The van der Waals surface area contributed by atoms with Gasteiger partial charge in [0, 0.05) is 12.1 Å². The third kappa shape index (κ3) is 3.14. The number of halogens is 2. The van der Waals surface area contributed by atoms with Crippen molar-refractivity contribution < 1.29 is 13.4 Å². The third-order valence-corrected chi connectivity index (χ3v) is 3.68. The standard InChI is InChI=1S/C17H11F2N5O/c18-12-3-1-10(5-13(12)19)6-15-17(8-20-9-21-15)22-11-2-4-14-16(7-11)24-25-23-14/h1-5,7-9,22H,6H2. The van der Waals surface area contributed by atoms with Gasteiger partial charge in [-0.15, -0.1) is 0 Å². The lowest BCUT2D eigenvalue weighted by molar-refractivity contribution is 0.315. The van der Waals surface area contributed by atoms with E-state index >= 15 is 0 Å². The molecule has 2 aromatic heterocycles. The molecule has 0 fully saturated rings. The summed E-state index contributed by atoms with van der Waals surface area (Å²) in [5.74, 6) is -1.76. The van der Waals surface area contributed by atoms with Gasteiger partial charge in [-0.2, -0.15) is 0 Å². The first-order chi connectivity index (χ1) is 12.2. The Hall–Kier alpha value is -3.42. The zero-order chi connectivity index (χ0) is 17.2. The minimum Gasteiger partial charge on any atom is -0.353 e. The van der Waals surface area contributed by atoms with Gasteiger partial charge < -0.3 is 5.32 Å². The maximum atomic E-state index is 13.4. The van der Waals surface area contributed by atoms with Crippen LogP contribution in [0.1, 0.15) is 11.3 Å². The molecule has 0 bridgehead atoms. The number of benzene rings is 2. The van der Waals surface area contributed by atoms with Crippen molar-refractivity contribution in [3.63, 3.8) is 0 Å². The van der Waals surface area contributed by atoms with Crippen molar-refractivity contribution in [2.24, 2.45) is 0 Å². The number of hydrogen-bond donors (Lipinski definition) is 1. The molecule has 4 rings (SSSR count). The predicted molar refractivity (Wildman–Crippen MR) is 86.3 cm³/mol. The average Bonchev–Trinajstić information content (AvgIpc) is 3.08. The van der Waals surface area contributed by atoms with E-state index in [0.717, 1.165) is 17.8 Å². The molecular formula is C17H11F2N5O. The van der Waals surface area contributed by atoms with Gasteiger partial charge in [-0.05, 0) is 46.2 Å². The van der Waals surface area contributed by atoms with E-state index in [2.05, 4.69) is 30.2 Å². The Morgan fingerprint density at radius 2 is 1.84 bits per heavy atom. The molecule has 0 saturated heterocycles. The maximum Gasteiger partial charge on any atom is 0.159 e. The van der Waals surface area contributed by atoms with Crippen LogP contribution in [0.3, 0.4) is 0 Å². The molecule has 8 heteroatoms. The normalized spacial score (nSPS) is 11.0. The monoisotopic (exact) mass is 339 g/mol. The molecule has 0 aliphatic heterocycles. The summed E-state index contributed by atoms with van der Waals surface area (Å²) in [7, 11) is 0. The van der Waals surface area contributed by atoms with Crippen molar-refractivity contribution in [2.45, 2.75) is 6.42 Å². The Bertz CT molecular complexity index is 1050. The van der Waals surface area contributed by atoms with Crippen LogP contribution >= 0.6 is 0 Å². The fourth-order valence-electron chi connectivity index (χ4n) is 2.46. The highest BCUT2D eigenvalue weighted by atomic mass is 19.2. The summed E-state index contributed by atoms with van der Waals surface area (Å²) in [5.41, 5.74) is 3.93. The van der Waals surface area contributed by atoms with Gasteiger partial charge in [0.25, 0.3) is 0 Å². The van der Waals surface area contributed by atoms with Gasteiger partial charge >= 0.3 is 0 Å². The largest absolute Gasteiger partial charge is 0.353 e. The molecule has 0 aliphatic carbocycles. The second-order valence-corrected chi connectivity index (χ2v) is 5.40. The summed E-state index contributed by atoms with van der Waals surface area (Å²) < 4.78 is 31.2. The van der Waals surface area contributed by atoms with Crippen molar-refractivity contribution in [2.75, 3.05) is 5.32 Å². The van der Waals surface area contributed by atoms with E-state index in [4.69, 9.17) is 0 Å². The summed E-state index contributed by atoms with van der Waals surface area (Å²) in [6.07, 6.45) is 3.36. The molecular weight excluding hydrogens is 328 g/mol. The second-order valence-electron chi connectivity index (χ2n) is 5.40. The number of aromatic nitrogens is 4. The summed E-state index contributed by atoms with van der Waals surface area (Å²) >= 11 is 0. The number of hydrogen-bond acceptors (Lipinski definition) is 6. The highest BCUT2D eigenvalue weighted by Gasteiger charge is 2.09. The molecule has 1 N–H and O–H groups in total. The number of nitrogens with zero attached hydrogens (tertiary/aromatic N) is 4. The van der Waals surface area contributed by atoms with Gasteiger partial charge in [0.1, 0.15) is 17.4 Å². The molecule has 124 valence electrons. The fourth-order valence-corrected chi connectivity index (χ4v) is 2.46. The summed E-state index contributed by atoms with van der Waals surface area (Å²) in [5, 5.41) is 10.7. The van der Waals surface area contributed by atoms with Gasteiger partial charge in [-0.3, -0.25) is 0 Å². The van der Waals surface area contributed by atoms with Crippen LogP contribution in [0.4, 0.5) is 20.2 Å². The lowest BCUT2D eigenvalue weighted by atomic mass is 10.1. The van der Waals surface area contributed by atoms with Gasteiger partial charge in [0.2, 0.25) is 0 Å². The van der Waals surface area contributed by atoms with Crippen LogP contribution in [0.25, 0.3) is 11.0 Å². The van der Waals surface area contributed by atoms with E-state index < -0.39 is 11.6 Å². The van der Waals surface area contributed by atoms with Crippen LogP contribution < -0.4 is 5.32 Å². The number of anilines is 2. The quantitative estimate of drug-likeness (QED) is 0.612. The Morgan fingerprint density at radius 3 is 2.72 bits per heavy atom. The van der Waals surface area contributed by atoms with E-state index in [1.54, 1.807) is 18.3 Å². The zero-order valence-corrected chi connectivity index (χ0v) is 12.8. The molecule has 0 unspecified atom stereocenters. The van der Waals surface area contributed by atoms with E-state index in [9.17, 15) is 8.78 Å². The Morgan fingerprint density at radius 1 is 0.960 bits per heavy atom. The molecule has 0 spiro atoms. The molecule has 2 aromatic carbocycles. The summed E-state index contributed by atoms with van der Waals surface area (Å²) in [6, 6.07) is 9.16. The van der Waals surface area contributed by atoms with Gasteiger partial charge in [0.15, 0.2) is 11.6 Å². The van der Waals surface area contributed by atoms with Crippen LogP contribution in [0.15, 0.2) is 53.6 Å². The van der Waals surface area contributed by atoms with Crippen LogP contribution in [0.2, 0.25) is 0 Å². The summed E-state index contributed by atoms with van der Waals surface area (Å²) in [4.78, 5) is 8.25. The molecule has 2 heterocycles. The third-order valence-electron chi connectivity index (χ3n) is 3.68. The van der Waals surface area contributed by atoms with Crippen LogP contribution in [-0.2, 0) is 6.42 Å². The van der Waals surface area contributed by atoms with E-state index in [0.29, 0.717) is 34.4 Å². The van der Waals surface area contributed by atoms with Gasteiger partial charge in [-0.1, -0.05) is 6.07 Å². The highest BCUT2D eigenvalue weighted by molar-refractivity contribution is 5.79. The van der Waals surface area contributed by atoms with Crippen molar-refractivity contribution in [1.29, 1.82) is 0 Å². The van der Waals surface area contributed by atoms with Crippen molar-refractivity contribution in [3.8, 4) is 0 Å². The number of rotatable bonds is 4. The molecule has 0 aliphatic rings. The van der Waals surface area contributed by atoms with E-state index in [1.807, 2.05) is 6.07 Å². The lowest BCUT2D eigenvalue weighted by Gasteiger charge is -2.10. The molecule has 0 amide bonds. The Labute approximate surface area is 140 Å². The molecule has 0 atom stereocenters. The lowest BCUT2D eigenvalue weighted by Crippen LogP contribution is -2.01. The van der Waals surface area contributed by atoms with Gasteiger partial charge in [0.05, 0.1) is 17.6 Å². The van der Waals surface area contributed by atoms with Crippen LogP contribution in [-0.4, -0.2) is 20.3 Å². The Kier molecular flexibility index (Phi) is 3.77. The van der Waals surface area contributed by atoms with E-state index in [1.165, 1.54) is 12.4 Å². The minimum atomic E-state index is -0.884. The van der Waals surface area contributed by atoms with Crippen LogP contribution in [0.5, 0.6) is 0 Å².